The lowest BCUT2D eigenvalue weighted by Crippen LogP contribution is -2.55. The molecule has 3 heterocycles. The minimum absolute atomic E-state index is 0.0669. The van der Waals surface area contributed by atoms with Crippen LogP contribution in [0, 0.1) is 25.7 Å². The van der Waals surface area contributed by atoms with Crippen LogP contribution in [0.25, 0.3) is 0 Å². The van der Waals surface area contributed by atoms with Crippen molar-refractivity contribution in [2.24, 2.45) is 11.8 Å². The van der Waals surface area contributed by atoms with Crippen molar-refractivity contribution in [2.75, 3.05) is 38.2 Å². The van der Waals surface area contributed by atoms with E-state index in [1.165, 1.54) is 0 Å². The molecule has 7 nitrogen and oxygen atoms in total. The Kier molecular flexibility index (Phi) is 7.64. The van der Waals surface area contributed by atoms with Gasteiger partial charge in [0.05, 0.1) is 16.6 Å². The second-order valence-corrected chi connectivity index (χ2v) is 12.7. The fourth-order valence-corrected chi connectivity index (χ4v) is 9.23. The second-order valence-electron chi connectivity index (χ2n) is 10.8. The molecule has 3 fully saturated rings. The number of likely N-dealkylation sites (tertiary alicyclic amines) is 1. The van der Waals surface area contributed by atoms with Crippen LogP contribution in [-0.4, -0.2) is 81.5 Å². The number of aryl methyl sites for hydroxylation is 2. The molecule has 3 amide bonds. The molecule has 1 spiro atoms. The molecule has 2 bridgehead atoms. The van der Waals surface area contributed by atoms with E-state index in [4.69, 9.17) is 0 Å². The molecule has 8 heteroatoms. The quantitative estimate of drug-likeness (QED) is 0.474. The van der Waals surface area contributed by atoms with Crippen LogP contribution in [0.15, 0.2) is 43.5 Å². The summed E-state index contributed by atoms with van der Waals surface area (Å²) in [6, 6.07) is 5.22. The van der Waals surface area contributed by atoms with Crippen LogP contribution in [0.3, 0.4) is 0 Å². The van der Waals surface area contributed by atoms with Crippen LogP contribution in [-0.2, 0) is 14.4 Å². The largest absolute Gasteiger partial charge is 0.396 e. The van der Waals surface area contributed by atoms with Gasteiger partial charge in [-0.1, -0.05) is 30.4 Å². The van der Waals surface area contributed by atoms with Gasteiger partial charge >= 0.3 is 0 Å². The van der Waals surface area contributed by atoms with Gasteiger partial charge in [-0.05, 0) is 51.2 Å². The average Bonchev–Trinajstić information content (AvgIpc) is 3.42. The third kappa shape index (κ3) is 4.22. The molecule has 0 saturated carbocycles. The van der Waals surface area contributed by atoms with Crippen molar-refractivity contribution in [1.82, 2.24) is 9.80 Å². The minimum atomic E-state index is -0.718. The standard InChI is InChI=1S/C29H39N3O4S/c1-7-15-30(6)25(34)21-22-26(35)32(17-10-18-33)24(29(22)14-13-28(21,5)37-29)27(36)31(16-8-2)23-19(3)11-9-12-20(23)4/h7-9,11-12,21-22,24,33H,1-2,10,13-18H2,3-6H3/t21-,22+,24?,28+,29?/m1/s1. The number of amides is 3. The maximum atomic E-state index is 14.6. The lowest BCUT2D eigenvalue weighted by molar-refractivity contribution is -0.144. The monoisotopic (exact) mass is 525 g/mol. The van der Waals surface area contributed by atoms with E-state index in [9.17, 15) is 19.5 Å². The SMILES string of the molecule is C=CCN(C)C(=O)[C@H]1[C@H]2C(=O)N(CCCO)C(C(=O)N(CC=C)c3c(C)cccc3C)C23CC[C@]1(C)S3. The zero-order valence-corrected chi connectivity index (χ0v) is 23.2. The molecule has 0 radical (unpaired) electrons. The molecule has 4 rings (SSSR count). The minimum Gasteiger partial charge on any atom is -0.396 e. The molecule has 3 aliphatic rings. The molecule has 5 atom stereocenters. The molecule has 0 aliphatic carbocycles. The van der Waals surface area contributed by atoms with Gasteiger partial charge in [0.25, 0.3) is 5.91 Å². The van der Waals surface area contributed by atoms with Gasteiger partial charge in [-0.25, -0.2) is 0 Å². The third-order valence-electron chi connectivity index (χ3n) is 8.40. The van der Waals surface area contributed by atoms with Crippen molar-refractivity contribution in [3.8, 4) is 0 Å². The molecular formula is C29H39N3O4S. The number of para-hydroxylation sites is 1. The maximum Gasteiger partial charge on any atom is 0.251 e. The molecule has 3 saturated heterocycles. The molecule has 2 unspecified atom stereocenters. The Morgan fingerprint density at radius 3 is 2.41 bits per heavy atom. The topological polar surface area (TPSA) is 81.2 Å². The summed E-state index contributed by atoms with van der Waals surface area (Å²) >= 11 is 1.67. The number of nitrogens with zero attached hydrogens (tertiary/aromatic N) is 3. The lowest BCUT2D eigenvalue weighted by atomic mass is 9.66. The first-order valence-corrected chi connectivity index (χ1v) is 13.9. The van der Waals surface area contributed by atoms with Crippen molar-refractivity contribution in [3.63, 3.8) is 0 Å². The van der Waals surface area contributed by atoms with Crippen molar-refractivity contribution in [3.05, 3.63) is 54.6 Å². The van der Waals surface area contributed by atoms with Gasteiger partial charge in [0, 0.05) is 43.7 Å². The van der Waals surface area contributed by atoms with Gasteiger partial charge in [0.15, 0.2) is 0 Å². The molecule has 1 aromatic rings. The molecule has 1 aromatic carbocycles. The van der Waals surface area contributed by atoms with Crippen molar-refractivity contribution in [2.45, 2.75) is 55.6 Å². The zero-order valence-electron chi connectivity index (χ0n) is 22.4. The highest BCUT2D eigenvalue weighted by Crippen LogP contribution is 2.71. The highest BCUT2D eigenvalue weighted by molar-refractivity contribution is 8.02. The summed E-state index contributed by atoms with van der Waals surface area (Å²) in [6.45, 7) is 14.6. The van der Waals surface area contributed by atoms with Crippen LogP contribution in [0.1, 0.15) is 37.3 Å². The number of carbonyl (C=O) groups is 3. The first kappa shape index (κ1) is 27.5. The van der Waals surface area contributed by atoms with Gasteiger partial charge in [-0.2, -0.15) is 0 Å². The number of anilines is 1. The van der Waals surface area contributed by atoms with E-state index >= 15 is 0 Å². The maximum absolute atomic E-state index is 14.6. The van der Waals surface area contributed by atoms with Crippen LogP contribution in [0.4, 0.5) is 5.69 Å². The van der Waals surface area contributed by atoms with Gasteiger partial charge in [0.2, 0.25) is 11.8 Å². The van der Waals surface area contributed by atoms with E-state index in [0.29, 0.717) is 25.9 Å². The highest BCUT2D eigenvalue weighted by atomic mass is 32.2. The second kappa shape index (κ2) is 10.3. The number of rotatable bonds is 10. The summed E-state index contributed by atoms with van der Waals surface area (Å²) in [5.74, 6) is -1.44. The van der Waals surface area contributed by atoms with Gasteiger partial charge in [-0.15, -0.1) is 24.9 Å². The van der Waals surface area contributed by atoms with Crippen molar-refractivity contribution < 1.29 is 19.5 Å². The molecule has 1 N–H and O–H groups in total. The molecule has 37 heavy (non-hydrogen) atoms. The van der Waals surface area contributed by atoms with Gasteiger partial charge in [-0.3, -0.25) is 14.4 Å². The predicted molar refractivity (Wildman–Crippen MR) is 148 cm³/mol. The Hall–Kier alpha value is -2.58. The Balaban J connectivity index is 1.83. The number of carbonyl (C=O) groups excluding carboxylic acids is 3. The number of thioether (sulfide) groups is 1. The predicted octanol–water partition coefficient (Wildman–Crippen LogP) is 3.33. The first-order chi connectivity index (χ1) is 17.6. The highest BCUT2D eigenvalue weighted by Gasteiger charge is 2.77. The summed E-state index contributed by atoms with van der Waals surface area (Å²) in [7, 11) is 1.75. The Bertz CT molecular complexity index is 1100. The van der Waals surface area contributed by atoms with E-state index in [2.05, 4.69) is 20.1 Å². The Morgan fingerprint density at radius 2 is 1.81 bits per heavy atom. The van der Waals surface area contributed by atoms with Gasteiger partial charge in [0.1, 0.15) is 6.04 Å². The van der Waals surface area contributed by atoms with Crippen LogP contribution in [0.2, 0.25) is 0 Å². The van der Waals surface area contributed by atoms with E-state index in [1.54, 1.807) is 45.7 Å². The van der Waals surface area contributed by atoms with Crippen LogP contribution < -0.4 is 4.90 Å². The van der Waals surface area contributed by atoms with Gasteiger partial charge < -0.3 is 19.8 Å². The average molecular weight is 526 g/mol. The number of likely N-dealkylation sites (N-methyl/N-ethyl adjacent to an activating group) is 1. The number of aliphatic hydroxyl groups excluding tert-OH is 1. The Morgan fingerprint density at radius 1 is 1.16 bits per heavy atom. The smallest absolute Gasteiger partial charge is 0.251 e. The van der Waals surface area contributed by atoms with Crippen molar-refractivity contribution >= 4 is 35.2 Å². The summed E-state index contributed by atoms with van der Waals surface area (Å²) in [4.78, 5) is 47.5. The zero-order chi connectivity index (χ0) is 27.1. The fraction of sp³-hybridized carbons (Fsp3) is 0.552. The summed E-state index contributed by atoms with van der Waals surface area (Å²) in [5.41, 5.74) is 2.79. The molecular weight excluding hydrogens is 486 g/mol. The van der Waals surface area contributed by atoms with E-state index in [-0.39, 0.29) is 30.9 Å². The summed E-state index contributed by atoms with van der Waals surface area (Å²) in [5, 5.41) is 9.61. The normalized spacial score (nSPS) is 29.8. The molecule has 3 aliphatic heterocycles. The van der Waals surface area contributed by atoms with E-state index in [1.807, 2.05) is 32.0 Å². The Labute approximate surface area is 224 Å². The molecule has 0 aromatic heterocycles. The first-order valence-electron chi connectivity index (χ1n) is 13.0. The fourth-order valence-electron chi connectivity index (χ4n) is 6.88. The summed E-state index contributed by atoms with van der Waals surface area (Å²) in [6.07, 6.45) is 5.23. The van der Waals surface area contributed by atoms with E-state index in [0.717, 1.165) is 23.2 Å². The van der Waals surface area contributed by atoms with Crippen LogP contribution in [0.5, 0.6) is 0 Å². The number of aliphatic hydroxyl groups is 1. The van der Waals surface area contributed by atoms with E-state index < -0.39 is 27.4 Å². The number of fused-ring (bicyclic) bond motifs is 1. The lowest BCUT2D eigenvalue weighted by Gasteiger charge is -2.38. The molecule has 200 valence electrons. The van der Waals surface area contributed by atoms with Crippen molar-refractivity contribution in [1.29, 1.82) is 0 Å². The number of hydrogen-bond donors (Lipinski definition) is 1. The summed E-state index contributed by atoms with van der Waals surface area (Å²) < 4.78 is -1.11. The van der Waals surface area contributed by atoms with Crippen LogP contribution >= 0.6 is 11.8 Å². The number of benzene rings is 1. The third-order valence-corrected chi connectivity index (χ3v) is 10.4. The number of hydrogen-bond acceptors (Lipinski definition) is 5.